The number of alkyl carbamates (subject to hydrolysis) is 1. The summed E-state index contributed by atoms with van der Waals surface area (Å²) in [6, 6.07) is 18.2. The molecule has 64 heavy (non-hydrogen) atoms. The zero-order valence-electron chi connectivity index (χ0n) is 39.5. The Labute approximate surface area is 380 Å². The number of ether oxygens (including phenoxy) is 3. The average molecular weight is 899 g/mol. The zero-order chi connectivity index (χ0) is 46.4. The number of methoxy groups -OCH3 is 1. The minimum Gasteiger partial charge on any atom is -0.480 e. The van der Waals surface area contributed by atoms with Crippen molar-refractivity contribution in [3.8, 4) is 11.3 Å². The molecule has 0 unspecified atom stereocenters. The normalized spacial score (nSPS) is 18.5. The number of rotatable bonds is 17. The highest BCUT2D eigenvalue weighted by Crippen LogP contribution is 2.43. The first-order valence-electron chi connectivity index (χ1n) is 22.7. The maximum Gasteiger partial charge on any atom is 0.408 e. The highest BCUT2D eigenvalue weighted by Gasteiger charge is 2.40. The predicted molar refractivity (Wildman–Crippen MR) is 253 cm³/mol. The van der Waals surface area contributed by atoms with Crippen LogP contribution in [0.25, 0.3) is 22.2 Å². The van der Waals surface area contributed by atoms with Gasteiger partial charge in [-0.2, -0.15) is 0 Å². The van der Waals surface area contributed by atoms with Crippen molar-refractivity contribution in [2.45, 2.75) is 130 Å². The van der Waals surface area contributed by atoms with Crippen LogP contribution in [0.4, 0.5) is 10.5 Å². The summed E-state index contributed by atoms with van der Waals surface area (Å²) >= 11 is 0. The highest BCUT2D eigenvalue weighted by molar-refractivity contribution is 6.74. The molecule has 2 fully saturated rings. The molecule has 2 saturated heterocycles. The first-order valence-corrected chi connectivity index (χ1v) is 25.6. The third-order valence-electron chi connectivity index (χ3n) is 13.1. The number of pyridine rings is 1. The average Bonchev–Trinajstić information content (AvgIpc) is 3.58. The van der Waals surface area contributed by atoms with Crippen LogP contribution in [0.2, 0.25) is 18.1 Å². The van der Waals surface area contributed by atoms with Crippen molar-refractivity contribution < 1.29 is 38.1 Å². The van der Waals surface area contributed by atoms with Crippen LogP contribution in [-0.2, 0) is 47.8 Å². The molecule has 2 aromatic heterocycles. The third-order valence-corrected chi connectivity index (χ3v) is 17.6. The molecule has 348 valence electrons. The lowest BCUT2D eigenvalue weighted by Gasteiger charge is -2.39. The van der Waals surface area contributed by atoms with E-state index in [2.05, 4.69) is 99.1 Å². The maximum atomic E-state index is 14.1. The smallest absolute Gasteiger partial charge is 0.408 e. The minimum absolute atomic E-state index is 0.0324. The molecule has 4 heterocycles. The van der Waals surface area contributed by atoms with Gasteiger partial charge in [-0.1, -0.05) is 65.0 Å². The lowest BCUT2D eigenvalue weighted by molar-refractivity contribution is -0.148. The number of anilines is 1. The fraction of sp³-hybridized carbons (Fsp3) is 0.551. The van der Waals surface area contributed by atoms with E-state index in [1.807, 2.05) is 49.5 Å². The number of fused-ring (bicyclic) bond motifs is 1. The van der Waals surface area contributed by atoms with Gasteiger partial charge >= 0.3 is 12.1 Å². The number of hydrogen-bond acceptors (Lipinski definition) is 10. The van der Waals surface area contributed by atoms with Crippen molar-refractivity contribution in [3.05, 3.63) is 83.7 Å². The molecule has 4 aromatic rings. The maximum absolute atomic E-state index is 14.1. The molecule has 2 aromatic carbocycles. The van der Waals surface area contributed by atoms with Crippen molar-refractivity contribution >= 4 is 42.9 Å². The van der Waals surface area contributed by atoms with Gasteiger partial charge in [0, 0.05) is 74.7 Å². The van der Waals surface area contributed by atoms with E-state index in [0.717, 1.165) is 52.1 Å². The molecule has 0 saturated carbocycles. The number of carbonyl (C=O) groups excluding carboxylic acids is 2. The fourth-order valence-electron chi connectivity index (χ4n) is 8.40. The number of nitrogens with zero attached hydrogens (tertiary/aromatic N) is 4. The van der Waals surface area contributed by atoms with Gasteiger partial charge in [0.2, 0.25) is 0 Å². The number of benzene rings is 2. The molecule has 0 spiro atoms. The number of carboxylic acids is 1. The summed E-state index contributed by atoms with van der Waals surface area (Å²) < 4.78 is 27.0. The fourth-order valence-corrected chi connectivity index (χ4v) is 9.58. The first kappa shape index (κ1) is 48.6. The van der Waals surface area contributed by atoms with Crippen molar-refractivity contribution in [3.63, 3.8) is 0 Å². The Morgan fingerprint density at radius 1 is 1.05 bits per heavy atom. The molecular formula is C49H70N6O8Si. The molecule has 15 heteroatoms. The Morgan fingerprint density at radius 3 is 2.48 bits per heavy atom. The van der Waals surface area contributed by atoms with Crippen molar-refractivity contribution in [2.24, 2.45) is 5.41 Å². The van der Waals surface area contributed by atoms with Gasteiger partial charge in [0.15, 0.2) is 8.32 Å². The third kappa shape index (κ3) is 11.5. The van der Waals surface area contributed by atoms with Crippen LogP contribution >= 0.6 is 0 Å². The Hall–Kier alpha value is -4.80. The van der Waals surface area contributed by atoms with E-state index in [4.69, 9.17) is 23.6 Å². The molecule has 2 amide bonds. The zero-order valence-corrected chi connectivity index (χ0v) is 40.5. The number of aryl methyl sites for hydroxylation is 1. The number of morpholine rings is 1. The lowest BCUT2D eigenvalue weighted by Crippen LogP contribution is -2.60. The first-order chi connectivity index (χ1) is 30.3. The van der Waals surface area contributed by atoms with E-state index < -0.39 is 44.5 Å². The van der Waals surface area contributed by atoms with Crippen LogP contribution in [-0.4, -0.2) is 104 Å². The standard InChI is InChI=1S/C49H70N6O8Si/c1-11-54-42-22-21-35(27-38(42)39(29-49(6,7)32-63-64(9,10)48(3,4)5)44(54)37-19-15-23-50-43(37)33(2)60-8)53-25-26-61-36(30-53)28-41(45(56)55-24-16-20-40(52-55)46(57)58)51-47(59)62-31-34-17-13-12-14-18-34/h12-15,17-19,21-23,27,33,36,40-41,52H,11,16,20,24-26,28-32H2,1-10H3,(H,51,59)(H,57,58)/t33-,36-,40-,41-/m0/s1. The molecule has 0 radical (unpaired) electrons. The predicted octanol–water partition coefficient (Wildman–Crippen LogP) is 8.49. The molecule has 14 nitrogen and oxygen atoms in total. The van der Waals surface area contributed by atoms with Crippen LogP contribution in [0, 0.1) is 5.41 Å². The van der Waals surface area contributed by atoms with Crippen LogP contribution in [0.5, 0.6) is 0 Å². The number of amides is 2. The molecule has 4 atom stereocenters. The van der Waals surface area contributed by atoms with Crippen molar-refractivity contribution in [1.29, 1.82) is 0 Å². The van der Waals surface area contributed by atoms with Gasteiger partial charge < -0.3 is 38.5 Å². The van der Waals surface area contributed by atoms with Gasteiger partial charge in [0.1, 0.15) is 18.7 Å². The largest absolute Gasteiger partial charge is 0.480 e. The van der Waals surface area contributed by atoms with Crippen LogP contribution in [0.1, 0.15) is 90.7 Å². The Balaban J connectivity index is 1.32. The summed E-state index contributed by atoms with van der Waals surface area (Å²) in [5.74, 6) is -1.48. The SMILES string of the molecule is CCn1c(-c2cccnc2[C@H](C)OC)c(CC(C)(C)CO[Si](C)(C)C(C)(C)C)c2cc(N3CCO[C@@H](C[C@H](NC(=O)OCc4ccccc4)C(=O)N4CCC[C@@H](C(=O)O)N4)C3)ccc21. The van der Waals surface area contributed by atoms with Crippen molar-refractivity contribution in [1.82, 2.24) is 25.3 Å². The highest BCUT2D eigenvalue weighted by atomic mass is 28.4. The summed E-state index contributed by atoms with van der Waals surface area (Å²) in [6.45, 7) is 23.4. The quantitative estimate of drug-likeness (QED) is 0.0874. The van der Waals surface area contributed by atoms with E-state index in [0.29, 0.717) is 45.7 Å². The lowest BCUT2D eigenvalue weighted by atomic mass is 9.84. The Morgan fingerprint density at radius 2 is 1.80 bits per heavy atom. The summed E-state index contributed by atoms with van der Waals surface area (Å²) in [5.41, 5.74) is 9.88. The van der Waals surface area contributed by atoms with Gasteiger partial charge in [-0.25, -0.2) is 10.2 Å². The van der Waals surface area contributed by atoms with Gasteiger partial charge in [-0.15, -0.1) is 0 Å². The Bertz CT molecular complexity index is 2240. The molecule has 0 aliphatic carbocycles. The number of aliphatic carboxylic acids is 1. The summed E-state index contributed by atoms with van der Waals surface area (Å²) in [6.07, 6.45) is 2.23. The van der Waals surface area contributed by atoms with E-state index in [-0.39, 0.29) is 29.6 Å². The van der Waals surface area contributed by atoms with Crippen LogP contribution in [0.15, 0.2) is 66.9 Å². The van der Waals surface area contributed by atoms with Gasteiger partial charge in [0.25, 0.3) is 5.91 Å². The molecule has 3 N–H and O–H groups in total. The number of aromatic nitrogens is 2. The second kappa shape index (κ2) is 20.6. The second-order valence-electron chi connectivity index (χ2n) is 19.6. The number of nitrogens with one attached hydrogen (secondary N) is 2. The monoisotopic (exact) mass is 899 g/mol. The van der Waals surface area contributed by atoms with Crippen LogP contribution < -0.4 is 15.6 Å². The van der Waals surface area contributed by atoms with Gasteiger partial charge in [0.05, 0.1) is 30.2 Å². The van der Waals surface area contributed by atoms with E-state index in [1.54, 1.807) is 7.11 Å². The van der Waals surface area contributed by atoms with E-state index in [1.165, 1.54) is 10.6 Å². The van der Waals surface area contributed by atoms with E-state index in [9.17, 15) is 19.5 Å². The van der Waals surface area contributed by atoms with Crippen LogP contribution in [0.3, 0.4) is 0 Å². The molecule has 6 rings (SSSR count). The van der Waals surface area contributed by atoms with Gasteiger partial charge in [-0.3, -0.25) is 19.6 Å². The summed E-state index contributed by atoms with van der Waals surface area (Å²) in [4.78, 5) is 46.4. The van der Waals surface area contributed by atoms with Crippen molar-refractivity contribution in [2.75, 3.05) is 44.9 Å². The number of carboxylic acid groups (broad SMARTS) is 1. The topological polar surface area (TPSA) is 157 Å². The number of hydrazine groups is 1. The molecule has 2 aliphatic heterocycles. The summed E-state index contributed by atoms with van der Waals surface area (Å²) in [5, 5.41) is 15.1. The summed E-state index contributed by atoms with van der Waals surface area (Å²) in [7, 11) is -0.311. The van der Waals surface area contributed by atoms with E-state index >= 15 is 0 Å². The molecule has 0 bridgehead atoms. The number of hydrogen-bond donors (Lipinski definition) is 3. The number of carbonyl (C=O) groups is 3. The molecular weight excluding hydrogens is 829 g/mol. The Kier molecular flexibility index (Phi) is 15.6. The molecule has 2 aliphatic rings. The second-order valence-corrected chi connectivity index (χ2v) is 24.4. The van der Waals surface area contributed by atoms with Gasteiger partial charge in [-0.05, 0) is 98.1 Å². The minimum atomic E-state index is -2.03.